The first-order chi connectivity index (χ1) is 8.56. The van der Waals surface area contributed by atoms with Crippen LogP contribution in [-0.4, -0.2) is 27.8 Å². The van der Waals surface area contributed by atoms with Gasteiger partial charge in [-0.1, -0.05) is 50.1 Å². The maximum atomic E-state index is 10.8. The molecule has 1 atom stereocenters. The van der Waals surface area contributed by atoms with Crippen LogP contribution in [0.4, 0.5) is 0 Å². The molecule has 0 aliphatic heterocycles. The van der Waals surface area contributed by atoms with Gasteiger partial charge in [-0.25, -0.2) is 0 Å². The quantitative estimate of drug-likeness (QED) is 0.716. The van der Waals surface area contributed by atoms with E-state index in [1.807, 2.05) is 12.1 Å². The minimum atomic E-state index is -0.956. The lowest BCUT2D eigenvalue weighted by Crippen LogP contribution is -2.32. The van der Waals surface area contributed by atoms with E-state index in [9.17, 15) is 4.79 Å². The van der Waals surface area contributed by atoms with Gasteiger partial charge in [0.25, 0.3) is 0 Å². The van der Waals surface area contributed by atoms with E-state index in [0.29, 0.717) is 6.42 Å². The molecule has 1 aromatic rings. The van der Waals surface area contributed by atoms with Crippen molar-refractivity contribution >= 4 is 37.8 Å². The molecule has 0 spiro atoms. The van der Waals surface area contributed by atoms with E-state index in [1.165, 1.54) is 11.1 Å². The fourth-order valence-electron chi connectivity index (χ4n) is 1.81. The molecule has 3 nitrogen and oxygen atoms in total. The lowest BCUT2D eigenvalue weighted by atomic mass is 9.98. The maximum absolute atomic E-state index is 10.8. The molecule has 0 unspecified atom stereocenters. The second kappa shape index (κ2) is 7.92. The third-order valence-electron chi connectivity index (χ3n) is 2.65. The summed E-state index contributed by atoms with van der Waals surface area (Å²) in [4.78, 5) is 10.8. The van der Waals surface area contributed by atoms with Crippen molar-refractivity contribution in [3.8, 4) is 0 Å². The summed E-state index contributed by atoms with van der Waals surface area (Å²) in [6, 6.07) is 5.42. The molecule has 0 bridgehead atoms. The molecule has 0 aliphatic rings. The van der Waals surface area contributed by atoms with E-state index in [-0.39, 0.29) is 0 Å². The Hall–Kier alpha value is -0.390. The van der Waals surface area contributed by atoms with Gasteiger partial charge >= 0.3 is 5.97 Å². The van der Waals surface area contributed by atoms with Gasteiger partial charge in [-0.15, -0.1) is 0 Å². The van der Waals surface area contributed by atoms with Gasteiger partial charge in [-0.05, 0) is 36.0 Å². The number of aliphatic carboxylic acids is 1. The highest BCUT2D eigenvalue weighted by Gasteiger charge is 2.13. The third kappa shape index (κ3) is 5.08. The molecule has 0 aromatic heterocycles. The van der Waals surface area contributed by atoms with Gasteiger partial charge in [0, 0.05) is 10.7 Å². The molecule has 5 heteroatoms. The second-order valence-electron chi connectivity index (χ2n) is 4.18. The van der Waals surface area contributed by atoms with Gasteiger partial charge in [0.2, 0.25) is 0 Å². The summed E-state index contributed by atoms with van der Waals surface area (Å²) < 4.78 is 0. The van der Waals surface area contributed by atoms with Crippen LogP contribution < -0.4 is 5.73 Å². The number of halogens is 2. The molecular weight excluding hydrogens is 362 g/mol. The first-order valence-corrected chi connectivity index (χ1v) is 8.03. The molecule has 18 heavy (non-hydrogen) atoms. The van der Waals surface area contributed by atoms with Crippen molar-refractivity contribution in [2.75, 3.05) is 10.7 Å². The van der Waals surface area contributed by atoms with Gasteiger partial charge in [0.1, 0.15) is 6.04 Å². The van der Waals surface area contributed by atoms with Crippen molar-refractivity contribution in [1.29, 1.82) is 0 Å². The highest BCUT2D eigenvalue weighted by Crippen LogP contribution is 2.15. The Morgan fingerprint density at radius 2 is 1.56 bits per heavy atom. The zero-order chi connectivity index (χ0) is 13.5. The molecule has 0 saturated heterocycles. The normalized spacial score (nSPS) is 12.4. The fourth-order valence-corrected chi connectivity index (χ4v) is 2.72. The molecule has 0 saturated carbocycles. The Balaban J connectivity index is 2.91. The standard InChI is InChI=1S/C13H17Br2NO2/c14-3-1-9-5-10(2-4-15)7-11(6-9)8-12(16)13(17)18/h5-7,12H,1-4,8,16H2,(H,17,18)/t12-/m0/s1. The predicted molar refractivity (Wildman–Crippen MR) is 80.8 cm³/mol. The minimum absolute atomic E-state index is 0.376. The Morgan fingerprint density at radius 3 is 1.94 bits per heavy atom. The number of carboxylic acids is 1. The Kier molecular flexibility index (Phi) is 6.89. The molecular formula is C13H17Br2NO2. The van der Waals surface area contributed by atoms with Crippen LogP contribution >= 0.6 is 31.9 Å². The van der Waals surface area contributed by atoms with Crippen LogP contribution in [0.2, 0.25) is 0 Å². The van der Waals surface area contributed by atoms with E-state index in [4.69, 9.17) is 10.8 Å². The van der Waals surface area contributed by atoms with Crippen LogP contribution in [0.3, 0.4) is 0 Å². The van der Waals surface area contributed by atoms with Crippen LogP contribution in [0, 0.1) is 0 Å². The lowest BCUT2D eigenvalue weighted by molar-refractivity contribution is -0.138. The maximum Gasteiger partial charge on any atom is 0.320 e. The second-order valence-corrected chi connectivity index (χ2v) is 5.77. The summed E-state index contributed by atoms with van der Waals surface area (Å²) in [7, 11) is 0. The topological polar surface area (TPSA) is 63.3 Å². The highest BCUT2D eigenvalue weighted by atomic mass is 79.9. The van der Waals surface area contributed by atoms with E-state index >= 15 is 0 Å². The van der Waals surface area contributed by atoms with Crippen LogP contribution in [0.5, 0.6) is 0 Å². The van der Waals surface area contributed by atoms with Crippen molar-refractivity contribution in [2.45, 2.75) is 25.3 Å². The summed E-state index contributed by atoms with van der Waals surface area (Å²) in [5.74, 6) is -0.956. The smallest absolute Gasteiger partial charge is 0.320 e. The molecule has 1 rings (SSSR count). The number of hydrogen-bond donors (Lipinski definition) is 2. The Morgan fingerprint density at radius 1 is 1.11 bits per heavy atom. The van der Waals surface area contributed by atoms with E-state index < -0.39 is 12.0 Å². The number of rotatable bonds is 7. The van der Waals surface area contributed by atoms with Gasteiger partial charge in [0.15, 0.2) is 0 Å². The first kappa shape index (κ1) is 15.7. The van der Waals surface area contributed by atoms with Gasteiger partial charge < -0.3 is 10.8 Å². The van der Waals surface area contributed by atoms with Crippen LogP contribution in [-0.2, 0) is 24.1 Å². The van der Waals surface area contributed by atoms with E-state index in [0.717, 1.165) is 29.1 Å². The Labute approximate surface area is 124 Å². The zero-order valence-corrected chi connectivity index (χ0v) is 13.2. The molecule has 0 aliphatic carbocycles. The zero-order valence-electron chi connectivity index (χ0n) is 10.0. The van der Waals surface area contributed by atoms with Crippen LogP contribution in [0.1, 0.15) is 16.7 Å². The summed E-state index contributed by atoms with van der Waals surface area (Å²) in [5.41, 5.74) is 9.02. The van der Waals surface area contributed by atoms with Crippen molar-refractivity contribution in [1.82, 2.24) is 0 Å². The van der Waals surface area contributed by atoms with Gasteiger partial charge in [-0.3, -0.25) is 4.79 Å². The largest absolute Gasteiger partial charge is 0.480 e. The molecule has 1 aromatic carbocycles. The summed E-state index contributed by atoms with van der Waals surface area (Å²) in [5, 5.41) is 10.6. The third-order valence-corrected chi connectivity index (χ3v) is 3.44. The molecule has 0 amide bonds. The fraction of sp³-hybridized carbons (Fsp3) is 0.462. The molecule has 3 N–H and O–H groups in total. The summed E-state index contributed by atoms with van der Waals surface area (Å²) >= 11 is 6.84. The van der Waals surface area contributed by atoms with Crippen molar-refractivity contribution in [3.05, 3.63) is 34.9 Å². The first-order valence-electron chi connectivity index (χ1n) is 5.79. The summed E-state index contributed by atoms with van der Waals surface area (Å²) in [6.07, 6.45) is 2.25. The van der Waals surface area contributed by atoms with Crippen molar-refractivity contribution in [2.24, 2.45) is 5.73 Å². The predicted octanol–water partition coefficient (Wildman–Crippen LogP) is 2.52. The monoisotopic (exact) mass is 377 g/mol. The minimum Gasteiger partial charge on any atom is -0.480 e. The van der Waals surface area contributed by atoms with Crippen LogP contribution in [0.15, 0.2) is 18.2 Å². The van der Waals surface area contributed by atoms with E-state index in [2.05, 4.69) is 37.9 Å². The molecule has 0 heterocycles. The molecule has 0 fully saturated rings. The van der Waals surface area contributed by atoms with Crippen LogP contribution in [0.25, 0.3) is 0 Å². The molecule has 100 valence electrons. The number of aryl methyl sites for hydroxylation is 2. The number of carboxylic acid groups (broad SMARTS) is 1. The van der Waals surface area contributed by atoms with Gasteiger partial charge in [-0.2, -0.15) is 0 Å². The lowest BCUT2D eigenvalue weighted by Gasteiger charge is -2.11. The number of nitrogens with two attached hydrogens (primary N) is 1. The van der Waals surface area contributed by atoms with E-state index in [1.54, 1.807) is 0 Å². The average molecular weight is 379 g/mol. The average Bonchev–Trinajstić information content (AvgIpc) is 2.29. The number of hydrogen-bond acceptors (Lipinski definition) is 2. The SMILES string of the molecule is N[C@@H](Cc1cc(CCBr)cc(CCBr)c1)C(=O)O. The molecule has 0 radical (unpaired) electrons. The Bertz CT molecular complexity index is 386. The number of carbonyl (C=O) groups is 1. The van der Waals surface area contributed by atoms with Crippen molar-refractivity contribution in [3.63, 3.8) is 0 Å². The number of benzene rings is 1. The highest BCUT2D eigenvalue weighted by molar-refractivity contribution is 9.09. The summed E-state index contributed by atoms with van der Waals surface area (Å²) in [6.45, 7) is 0. The van der Waals surface area contributed by atoms with Crippen molar-refractivity contribution < 1.29 is 9.90 Å². The van der Waals surface area contributed by atoms with Gasteiger partial charge in [0.05, 0.1) is 0 Å². The number of alkyl halides is 2.